The minimum absolute atomic E-state index is 0.0393. The number of nitrogens with one attached hydrogen (secondary N) is 1. The Morgan fingerprint density at radius 1 is 1.39 bits per heavy atom. The molecule has 1 saturated carbocycles. The van der Waals surface area contributed by atoms with Crippen LogP contribution in [0.2, 0.25) is 0 Å². The van der Waals surface area contributed by atoms with E-state index in [9.17, 15) is 13.2 Å². The Kier molecular flexibility index (Phi) is 6.08. The highest BCUT2D eigenvalue weighted by molar-refractivity contribution is 7.92. The average molecular weight is 277 g/mol. The maximum atomic E-state index is 12.0. The minimum atomic E-state index is -3.16. The van der Waals surface area contributed by atoms with Gasteiger partial charge < -0.3 is 10.1 Å². The van der Waals surface area contributed by atoms with Gasteiger partial charge in [-0.25, -0.2) is 8.42 Å². The first-order valence-corrected chi connectivity index (χ1v) is 8.23. The molecule has 0 bridgehead atoms. The van der Waals surface area contributed by atoms with Gasteiger partial charge in [-0.3, -0.25) is 4.79 Å². The Balaban J connectivity index is 2.42. The highest BCUT2D eigenvalue weighted by Gasteiger charge is 2.33. The predicted molar refractivity (Wildman–Crippen MR) is 70.1 cm³/mol. The third kappa shape index (κ3) is 4.57. The van der Waals surface area contributed by atoms with Gasteiger partial charge in [-0.15, -0.1) is 0 Å². The monoisotopic (exact) mass is 277 g/mol. The second kappa shape index (κ2) is 7.09. The predicted octanol–water partition coefficient (Wildman–Crippen LogP) is 0.885. The van der Waals surface area contributed by atoms with Gasteiger partial charge in [-0.2, -0.15) is 0 Å². The van der Waals surface area contributed by atoms with Crippen molar-refractivity contribution in [3.05, 3.63) is 0 Å². The molecule has 2 atom stereocenters. The fourth-order valence-electron chi connectivity index (χ4n) is 2.29. The van der Waals surface area contributed by atoms with Crippen molar-refractivity contribution in [1.82, 2.24) is 5.32 Å². The van der Waals surface area contributed by atoms with Crippen molar-refractivity contribution in [3.8, 4) is 0 Å². The summed E-state index contributed by atoms with van der Waals surface area (Å²) in [5, 5.41) is 3.06. The van der Waals surface area contributed by atoms with Gasteiger partial charge in [-0.05, 0) is 32.2 Å². The van der Waals surface area contributed by atoms with Gasteiger partial charge >= 0.3 is 5.97 Å². The largest absolute Gasteiger partial charge is 0.469 e. The summed E-state index contributed by atoms with van der Waals surface area (Å²) in [5.41, 5.74) is 0. The molecule has 18 heavy (non-hydrogen) atoms. The van der Waals surface area contributed by atoms with E-state index in [1.807, 2.05) is 0 Å². The molecule has 1 fully saturated rings. The van der Waals surface area contributed by atoms with Gasteiger partial charge in [0.25, 0.3) is 0 Å². The van der Waals surface area contributed by atoms with Crippen LogP contribution in [0.15, 0.2) is 0 Å². The van der Waals surface area contributed by atoms with Crippen LogP contribution in [0.5, 0.6) is 0 Å². The number of carbonyl (C=O) groups excluding carboxylic acids is 1. The molecule has 6 heteroatoms. The van der Waals surface area contributed by atoms with E-state index in [2.05, 4.69) is 17.0 Å². The van der Waals surface area contributed by atoms with Crippen LogP contribution >= 0.6 is 0 Å². The zero-order chi connectivity index (χ0) is 13.6. The van der Waals surface area contributed by atoms with E-state index in [1.54, 1.807) is 0 Å². The van der Waals surface area contributed by atoms with Gasteiger partial charge in [0.2, 0.25) is 0 Å². The van der Waals surface area contributed by atoms with Crippen LogP contribution in [0.25, 0.3) is 0 Å². The first-order valence-electron chi connectivity index (χ1n) is 6.51. The molecule has 1 aliphatic rings. The lowest BCUT2D eigenvalue weighted by Gasteiger charge is -2.13. The summed E-state index contributed by atoms with van der Waals surface area (Å²) in [6.45, 7) is 3.02. The third-order valence-corrected chi connectivity index (χ3v) is 5.61. The van der Waals surface area contributed by atoms with E-state index < -0.39 is 15.8 Å². The highest BCUT2D eigenvalue weighted by atomic mass is 32.2. The van der Waals surface area contributed by atoms with Crippen molar-refractivity contribution in [2.24, 2.45) is 0 Å². The molecule has 1 aliphatic carbocycles. The first kappa shape index (κ1) is 15.4. The van der Waals surface area contributed by atoms with E-state index in [4.69, 9.17) is 0 Å². The number of esters is 1. The average Bonchev–Trinajstić information content (AvgIpc) is 2.83. The number of ether oxygens (including phenoxy) is 1. The van der Waals surface area contributed by atoms with Crippen molar-refractivity contribution in [2.45, 2.75) is 50.3 Å². The van der Waals surface area contributed by atoms with Crippen molar-refractivity contribution in [2.75, 3.05) is 19.4 Å². The van der Waals surface area contributed by atoms with Crippen LogP contribution in [-0.4, -0.2) is 45.1 Å². The first-order chi connectivity index (χ1) is 8.49. The van der Waals surface area contributed by atoms with Crippen molar-refractivity contribution < 1.29 is 17.9 Å². The number of methoxy groups -OCH3 is 1. The lowest BCUT2D eigenvalue weighted by molar-refractivity contribution is -0.140. The number of rotatable bonds is 7. The van der Waals surface area contributed by atoms with Crippen molar-refractivity contribution in [1.29, 1.82) is 0 Å². The molecule has 5 nitrogen and oxygen atoms in total. The fourth-order valence-corrected chi connectivity index (χ4v) is 4.10. The lowest BCUT2D eigenvalue weighted by Crippen LogP contribution is -2.30. The third-order valence-electron chi connectivity index (χ3n) is 3.39. The summed E-state index contributed by atoms with van der Waals surface area (Å²) in [5.74, 6) is -0.553. The molecule has 0 aromatic rings. The van der Waals surface area contributed by atoms with Gasteiger partial charge in [0.15, 0.2) is 9.84 Å². The normalized spacial score (nSPS) is 24.1. The Labute approximate surface area is 109 Å². The maximum absolute atomic E-state index is 12.0. The summed E-state index contributed by atoms with van der Waals surface area (Å²) in [6.07, 6.45) is 3.29. The molecule has 1 N–H and O–H groups in total. The molecule has 0 aromatic carbocycles. The molecule has 0 spiro atoms. The Bertz CT molecular complexity index is 366. The highest BCUT2D eigenvalue weighted by Crippen LogP contribution is 2.26. The Morgan fingerprint density at radius 3 is 2.72 bits per heavy atom. The molecular weight excluding hydrogens is 254 g/mol. The molecule has 0 amide bonds. The second-order valence-electron chi connectivity index (χ2n) is 4.78. The van der Waals surface area contributed by atoms with Crippen LogP contribution < -0.4 is 5.32 Å². The van der Waals surface area contributed by atoms with Gasteiger partial charge in [0.05, 0.1) is 24.5 Å². The van der Waals surface area contributed by atoms with E-state index in [-0.39, 0.29) is 17.4 Å². The number of sulfone groups is 1. The summed E-state index contributed by atoms with van der Waals surface area (Å²) < 4.78 is 28.5. The van der Waals surface area contributed by atoms with Crippen LogP contribution in [-0.2, 0) is 19.4 Å². The zero-order valence-corrected chi connectivity index (χ0v) is 12.0. The van der Waals surface area contributed by atoms with Crippen molar-refractivity contribution in [3.63, 3.8) is 0 Å². The van der Waals surface area contributed by atoms with E-state index in [0.29, 0.717) is 18.9 Å². The molecule has 2 unspecified atom stereocenters. The lowest BCUT2D eigenvalue weighted by atomic mass is 10.2. The molecule has 0 radical (unpaired) electrons. The molecule has 106 valence electrons. The standard InChI is InChI=1S/C12H23NO4S/c1-3-7-13-10-4-5-11(9-10)18(15,16)8-6-12(14)17-2/h10-11,13H,3-9H2,1-2H3. The van der Waals surface area contributed by atoms with Crippen LogP contribution in [0.3, 0.4) is 0 Å². The number of hydrogen-bond acceptors (Lipinski definition) is 5. The van der Waals surface area contributed by atoms with Crippen LogP contribution in [0, 0.1) is 0 Å². The fraction of sp³-hybridized carbons (Fsp3) is 0.917. The van der Waals surface area contributed by atoms with Gasteiger partial charge in [-0.1, -0.05) is 6.92 Å². The summed E-state index contributed by atoms with van der Waals surface area (Å²) in [6, 6.07) is 0.308. The smallest absolute Gasteiger partial charge is 0.306 e. The maximum Gasteiger partial charge on any atom is 0.306 e. The molecular formula is C12H23NO4S. The van der Waals surface area contributed by atoms with E-state index >= 15 is 0 Å². The van der Waals surface area contributed by atoms with Gasteiger partial charge in [0.1, 0.15) is 0 Å². The summed E-state index contributed by atoms with van der Waals surface area (Å²) in [4.78, 5) is 11.0. The van der Waals surface area contributed by atoms with E-state index in [1.165, 1.54) is 7.11 Å². The van der Waals surface area contributed by atoms with Crippen LogP contribution in [0.4, 0.5) is 0 Å². The second-order valence-corrected chi connectivity index (χ2v) is 7.18. The van der Waals surface area contributed by atoms with E-state index in [0.717, 1.165) is 19.4 Å². The topological polar surface area (TPSA) is 72.5 Å². The molecule has 1 rings (SSSR count). The summed E-state index contributed by atoms with van der Waals surface area (Å²) in [7, 11) is -1.89. The Morgan fingerprint density at radius 2 is 2.11 bits per heavy atom. The molecule has 0 aliphatic heterocycles. The van der Waals surface area contributed by atoms with Crippen molar-refractivity contribution >= 4 is 15.8 Å². The molecule has 0 saturated heterocycles. The molecule has 0 aromatic heterocycles. The molecule has 0 heterocycles. The number of carbonyl (C=O) groups is 1. The quantitative estimate of drug-likeness (QED) is 0.700. The number of hydrogen-bond donors (Lipinski definition) is 1. The summed E-state index contributed by atoms with van der Waals surface area (Å²) >= 11 is 0. The zero-order valence-electron chi connectivity index (χ0n) is 11.1. The van der Waals surface area contributed by atoms with Gasteiger partial charge in [0, 0.05) is 6.04 Å². The SMILES string of the molecule is CCCNC1CCC(S(=O)(=O)CCC(=O)OC)C1. The van der Waals surface area contributed by atoms with Crippen LogP contribution in [0.1, 0.15) is 39.0 Å². The Hall–Kier alpha value is -0.620. The minimum Gasteiger partial charge on any atom is -0.469 e.